The molecule has 0 fully saturated rings. The zero-order valence-corrected chi connectivity index (χ0v) is 19.2. The van der Waals surface area contributed by atoms with Crippen molar-refractivity contribution in [2.75, 3.05) is 7.11 Å². The van der Waals surface area contributed by atoms with Gasteiger partial charge >= 0.3 is 0 Å². The summed E-state index contributed by atoms with van der Waals surface area (Å²) in [6.45, 7) is 9.63. The van der Waals surface area contributed by atoms with E-state index in [0.29, 0.717) is 18.9 Å². The van der Waals surface area contributed by atoms with Crippen molar-refractivity contribution in [3.05, 3.63) is 78.0 Å². The lowest BCUT2D eigenvalue weighted by atomic mass is 9.94. The van der Waals surface area contributed by atoms with E-state index in [-0.39, 0.29) is 18.0 Å². The Labute approximate surface area is 190 Å². The van der Waals surface area contributed by atoms with Gasteiger partial charge in [-0.3, -0.25) is 10.1 Å². The van der Waals surface area contributed by atoms with E-state index >= 15 is 0 Å². The van der Waals surface area contributed by atoms with E-state index in [4.69, 9.17) is 4.74 Å². The zero-order valence-electron chi connectivity index (χ0n) is 19.2. The predicted molar refractivity (Wildman–Crippen MR) is 130 cm³/mol. The Morgan fingerprint density at radius 3 is 2.75 bits per heavy atom. The van der Waals surface area contributed by atoms with Gasteiger partial charge in [0, 0.05) is 36.2 Å². The molecule has 5 nitrogen and oxygen atoms in total. The minimum Gasteiger partial charge on any atom is -0.497 e. The van der Waals surface area contributed by atoms with Crippen LogP contribution >= 0.6 is 0 Å². The number of amides is 1. The lowest BCUT2D eigenvalue weighted by Crippen LogP contribution is -2.46. The average Bonchev–Trinajstić information content (AvgIpc) is 3.05. The fourth-order valence-electron chi connectivity index (χ4n) is 4.71. The summed E-state index contributed by atoms with van der Waals surface area (Å²) in [7, 11) is 1.65. The van der Waals surface area contributed by atoms with Crippen LogP contribution in [-0.2, 0) is 24.3 Å². The molecule has 1 aliphatic heterocycles. The lowest BCUT2D eigenvalue weighted by molar-refractivity contribution is -0.123. The van der Waals surface area contributed by atoms with Crippen molar-refractivity contribution in [2.45, 2.75) is 51.9 Å². The molecule has 0 saturated carbocycles. The fourth-order valence-corrected chi connectivity index (χ4v) is 4.71. The molecule has 32 heavy (non-hydrogen) atoms. The third kappa shape index (κ3) is 4.58. The number of allylic oxidation sites excluding steroid dienone is 1. The summed E-state index contributed by atoms with van der Waals surface area (Å²) in [6.07, 6.45) is 5.76. The second kappa shape index (κ2) is 9.61. The Kier molecular flexibility index (Phi) is 6.66. The van der Waals surface area contributed by atoms with Crippen molar-refractivity contribution in [3.63, 3.8) is 0 Å². The first-order chi connectivity index (χ1) is 15.5. The van der Waals surface area contributed by atoms with Gasteiger partial charge in [-0.15, -0.1) is 6.58 Å². The molecule has 1 aromatic heterocycles. The van der Waals surface area contributed by atoms with E-state index in [1.165, 1.54) is 22.0 Å². The quantitative estimate of drug-likeness (QED) is 0.506. The van der Waals surface area contributed by atoms with Crippen LogP contribution in [0.2, 0.25) is 0 Å². The van der Waals surface area contributed by atoms with Gasteiger partial charge in [-0.25, -0.2) is 0 Å². The maximum atomic E-state index is 13.3. The summed E-state index contributed by atoms with van der Waals surface area (Å²) >= 11 is 0. The Bertz CT molecular complexity index is 1100. The summed E-state index contributed by atoms with van der Waals surface area (Å²) in [5.41, 5.74) is 4.78. The van der Waals surface area contributed by atoms with E-state index in [9.17, 15) is 4.79 Å². The summed E-state index contributed by atoms with van der Waals surface area (Å²) in [4.78, 5) is 13.3. The fraction of sp³-hybridized carbons (Fsp3) is 0.370. The number of carbonyl (C=O) groups excluding carboxylic acids is 1. The van der Waals surface area contributed by atoms with E-state index in [0.717, 1.165) is 24.3 Å². The van der Waals surface area contributed by atoms with Gasteiger partial charge in [0.2, 0.25) is 5.91 Å². The number of hydrogen-bond donors (Lipinski definition) is 2. The standard InChI is InChI=1S/C27H33N3O2/c1-5-13-30-17-20-15-24(27(31)28-16-19-9-11-21(32-4)12-10-19)29-23(14-18(2)3)22-7-6-8-25(30)26(20)22/h5-12,17-18,23-24,29H,1,13-16H2,2-4H3,(H,28,31). The van der Waals surface area contributed by atoms with Crippen LogP contribution in [0.5, 0.6) is 5.75 Å². The highest BCUT2D eigenvalue weighted by atomic mass is 16.5. The van der Waals surface area contributed by atoms with Crippen LogP contribution in [0.1, 0.15) is 43.0 Å². The number of methoxy groups -OCH3 is 1. The number of rotatable bonds is 8. The number of carbonyl (C=O) groups is 1. The minimum absolute atomic E-state index is 0.0343. The van der Waals surface area contributed by atoms with Crippen LogP contribution in [0.3, 0.4) is 0 Å². The first-order valence-electron chi connectivity index (χ1n) is 11.4. The SMILES string of the molecule is C=CCn1cc2c3c(cccc31)C(CC(C)C)NC(C(=O)NCc1ccc(OC)cc1)C2. The molecule has 5 heteroatoms. The van der Waals surface area contributed by atoms with Gasteiger partial charge in [0.05, 0.1) is 13.2 Å². The second-order valence-electron chi connectivity index (χ2n) is 9.01. The molecule has 0 bridgehead atoms. The molecule has 2 N–H and O–H groups in total. The molecule has 0 radical (unpaired) electrons. The predicted octanol–water partition coefficient (Wildman–Crippen LogP) is 4.75. The molecular formula is C27H33N3O2. The maximum absolute atomic E-state index is 13.3. The van der Waals surface area contributed by atoms with Gasteiger partial charge < -0.3 is 14.6 Å². The Morgan fingerprint density at radius 2 is 2.06 bits per heavy atom. The summed E-state index contributed by atoms with van der Waals surface area (Å²) in [6, 6.07) is 14.2. The molecule has 0 saturated heterocycles. The number of nitrogens with one attached hydrogen (secondary N) is 2. The number of benzene rings is 2. The van der Waals surface area contributed by atoms with Crippen molar-refractivity contribution in [3.8, 4) is 5.75 Å². The zero-order chi connectivity index (χ0) is 22.7. The van der Waals surface area contributed by atoms with E-state index in [2.05, 4.69) is 60.0 Å². The minimum atomic E-state index is -0.285. The van der Waals surface area contributed by atoms with Gasteiger partial charge in [0.1, 0.15) is 5.75 Å². The molecule has 0 spiro atoms. The molecule has 2 heterocycles. The highest BCUT2D eigenvalue weighted by Crippen LogP contribution is 2.35. The maximum Gasteiger partial charge on any atom is 0.237 e. The first kappa shape index (κ1) is 22.2. The average molecular weight is 432 g/mol. The highest BCUT2D eigenvalue weighted by molar-refractivity contribution is 5.90. The van der Waals surface area contributed by atoms with E-state index in [1.807, 2.05) is 30.3 Å². The third-order valence-corrected chi connectivity index (χ3v) is 6.19. The number of aromatic nitrogens is 1. The molecule has 2 atom stereocenters. The monoisotopic (exact) mass is 431 g/mol. The molecule has 0 aliphatic carbocycles. The topological polar surface area (TPSA) is 55.3 Å². The second-order valence-corrected chi connectivity index (χ2v) is 9.01. The Hall–Kier alpha value is -3.05. The largest absolute Gasteiger partial charge is 0.497 e. The third-order valence-electron chi connectivity index (χ3n) is 6.19. The molecule has 2 aromatic carbocycles. The first-order valence-corrected chi connectivity index (χ1v) is 11.4. The van der Waals surface area contributed by atoms with E-state index in [1.54, 1.807) is 7.11 Å². The van der Waals surface area contributed by atoms with Gasteiger partial charge in [0.25, 0.3) is 0 Å². The van der Waals surface area contributed by atoms with Crippen molar-refractivity contribution < 1.29 is 9.53 Å². The lowest BCUT2D eigenvalue weighted by Gasteiger charge is -2.25. The van der Waals surface area contributed by atoms with Crippen molar-refractivity contribution >= 4 is 16.8 Å². The normalized spacial score (nSPS) is 17.9. The number of hydrogen-bond acceptors (Lipinski definition) is 3. The van der Waals surface area contributed by atoms with Crippen LogP contribution in [-0.4, -0.2) is 23.6 Å². The van der Waals surface area contributed by atoms with Crippen LogP contribution in [0.4, 0.5) is 0 Å². The van der Waals surface area contributed by atoms with E-state index < -0.39 is 0 Å². The molecule has 1 amide bonds. The van der Waals surface area contributed by atoms with Crippen LogP contribution in [0, 0.1) is 5.92 Å². The molecule has 3 aromatic rings. The summed E-state index contributed by atoms with van der Waals surface area (Å²) in [5.74, 6) is 1.36. The molecular weight excluding hydrogens is 398 g/mol. The van der Waals surface area contributed by atoms with Gasteiger partial charge in [-0.2, -0.15) is 0 Å². The Balaban J connectivity index is 1.60. The van der Waals surface area contributed by atoms with Crippen molar-refractivity contribution in [2.24, 2.45) is 5.92 Å². The number of nitrogens with zero attached hydrogens (tertiary/aromatic N) is 1. The van der Waals surface area contributed by atoms with Crippen LogP contribution in [0.25, 0.3) is 10.9 Å². The number of ether oxygens (including phenoxy) is 1. The molecule has 2 unspecified atom stereocenters. The summed E-state index contributed by atoms with van der Waals surface area (Å²) < 4.78 is 7.46. The van der Waals surface area contributed by atoms with Crippen LogP contribution < -0.4 is 15.4 Å². The smallest absolute Gasteiger partial charge is 0.237 e. The van der Waals surface area contributed by atoms with Crippen LogP contribution in [0.15, 0.2) is 61.3 Å². The van der Waals surface area contributed by atoms with Crippen molar-refractivity contribution in [1.29, 1.82) is 0 Å². The molecule has 4 rings (SSSR count). The van der Waals surface area contributed by atoms with Gasteiger partial charge in [0.15, 0.2) is 0 Å². The van der Waals surface area contributed by atoms with Gasteiger partial charge in [-0.05, 0) is 53.6 Å². The molecule has 1 aliphatic rings. The summed E-state index contributed by atoms with van der Waals surface area (Å²) in [5, 5.41) is 8.11. The van der Waals surface area contributed by atoms with Gasteiger partial charge in [-0.1, -0.05) is 44.2 Å². The van der Waals surface area contributed by atoms with Crippen molar-refractivity contribution in [1.82, 2.24) is 15.2 Å². The Morgan fingerprint density at radius 1 is 1.28 bits per heavy atom. The molecule has 168 valence electrons. The highest BCUT2D eigenvalue weighted by Gasteiger charge is 2.30.